The molecule has 0 spiro atoms. The molecule has 1 aliphatic heterocycles. The summed E-state index contributed by atoms with van der Waals surface area (Å²) in [6.07, 6.45) is 2.15. The van der Waals surface area contributed by atoms with E-state index in [1.165, 1.54) is 11.4 Å². The van der Waals surface area contributed by atoms with Gasteiger partial charge >= 0.3 is 0 Å². The van der Waals surface area contributed by atoms with Crippen molar-refractivity contribution in [3.63, 3.8) is 0 Å². The van der Waals surface area contributed by atoms with Crippen molar-refractivity contribution in [2.24, 2.45) is 5.92 Å². The molecular weight excluding hydrogens is 360 g/mol. The van der Waals surface area contributed by atoms with E-state index in [1.807, 2.05) is 11.8 Å². The number of amides is 1. The number of anilines is 1. The second-order valence-electron chi connectivity index (χ2n) is 7.33. The molecule has 144 valence electrons. The van der Waals surface area contributed by atoms with Gasteiger partial charge in [-0.15, -0.1) is 0 Å². The molecule has 2 aromatic carbocycles. The number of rotatable bonds is 4. The van der Waals surface area contributed by atoms with Crippen LogP contribution in [0, 0.1) is 12.8 Å². The average molecular weight is 387 g/mol. The van der Waals surface area contributed by atoms with Crippen molar-refractivity contribution in [2.45, 2.75) is 31.6 Å². The van der Waals surface area contributed by atoms with E-state index in [0.29, 0.717) is 17.2 Å². The molecule has 0 radical (unpaired) electrons. The van der Waals surface area contributed by atoms with Crippen LogP contribution in [-0.2, 0) is 10.0 Å². The van der Waals surface area contributed by atoms with Crippen molar-refractivity contribution in [1.29, 1.82) is 0 Å². The number of sulfonamides is 1. The van der Waals surface area contributed by atoms with Gasteiger partial charge in [-0.05, 0) is 56.0 Å². The molecule has 0 aromatic heterocycles. The Bertz CT molecular complexity index is 923. The minimum atomic E-state index is -3.68. The Kier molecular flexibility index (Phi) is 5.56. The van der Waals surface area contributed by atoms with E-state index in [0.717, 1.165) is 31.5 Å². The van der Waals surface area contributed by atoms with Crippen molar-refractivity contribution in [3.05, 3.63) is 59.7 Å². The SMILES string of the molecule is Cc1ccc(S(=O)(=O)N(C)c2cccc(C(=O)N3CCC[C@H](C)C3)c2)cc1. The van der Waals surface area contributed by atoms with Crippen LogP contribution in [0.5, 0.6) is 0 Å². The van der Waals surface area contributed by atoms with Gasteiger partial charge in [-0.3, -0.25) is 9.10 Å². The Labute approximate surface area is 161 Å². The van der Waals surface area contributed by atoms with Crippen LogP contribution in [0.2, 0.25) is 0 Å². The first-order valence-electron chi connectivity index (χ1n) is 9.24. The first-order valence-corrected chi connectivity index (χ1v) is 10.7. The predicted octanol–water partition coefficient (Wildman–Crippen LogP) is 3.69. The standard InChI is InChI=1S/C21H26N2O3S/c1-16-9-11-20(12-10-16)27(25,26)22(3)19-8-4-7-18(14-19)21(24)23-13-5-6-17(2)15-23/h4,7-12,14,17H,5-6,13,15H2,1-3H3/t17-/m0/s1. The lowest BCUT2D eigenvalue weighted by molar-refractivity contribution is 0.0683. The van der Waals surface area contributed by atoms with Crippen LogP contribution in [-0.4, -0.2) is 39.4 Å². The van der Waals surface area contributed by atoms with E-state index in [2.05, 4.69) is 6.92 Å². The van der Waals surface area contributed by atoms with E-state index in [1.54, 1.807) is 48.5 Å². The molecule has 3 rings (SSSR count). The minimum Gasteiger partial charge on any atom is -0.338 e. The Hall–Kier alpha value is -2.34. The van der Waals surface area contributed by atoms with Crippen molar-refractivity contribution in [3.8, 4) is 0 Å². The lowest BCUT2D eigenvalue weighted by Gasteiger charge is -2.31. The van der Waals surface area contributed by atoms with Gasteiger partial charge in [-0.1, -0.05) is 30.7 Å². The van der Waals surface area contributed by atoms with E-state index >= 15 is 0 Å². The smallest absolute Gasteiger partial charge is 0.264 e. The summed E-state index contributed by atoms with van der Waals surface area (Å²) in [5.74, 6) is 0.458. The quantitative estimate of drug-likeness (QED) is 0.805. The highest BCUT2D eigenvalue weighted by Crippen LogP contribution is 2.25. The number of benzene rings is 2. The van der Waals surface area contributed by atoms with Crippen molar-refractivity contribution in [1.82, 2.24) is 4.90 Å². The number of carbonyl (C=O) groups excluding carboxylic acids is 1. The molecule has 0 N–H and O–H groups in total. The molecular formula is C21H26N2O3S. The van der Waals surface area contributed by atoms with E-state index in [4.69, 9.17) is 0 Å². The molecule has 6 heteroatoms. The van der Waals surface area contributed by atoms with Gasteiger partial charge in [0.2, 0.25) is 0 Å². The Morgan fingerprint density at radius 2 is 1.85 bits per heavy atom. The highest BCUT2D eigenvalue weighted by atomic mass is 32.2. The second kappa shape index (κ2) is 7.72. The largest absolute Gasteiger partial charge is 0.338 e. The van der Waals surface area contributed by atoms with Crippen LogP contribution in [0.4, 0.5) is 5.69 Å². The van der Waals surface area contributed by atoms with Gasteiger partial charge in [0.15, 0.2) is 0 Å². The van der Waals surface area contributed by atoms with Crippen molar-refractivity contribution in [2.75, 3.05) is 24.4 Å². The Morgan fingerprint density at radius 3 is 2.52 bits per heavy atom. The van der Waals surface area contributed by atoms with Crippen LogP contribution in [0.15, 0.2) is 53.4 Å². The molecule has 1 saturated heterocycles. The third-order valence-corrected chi connectivity index (χ3v) is 6.88. The maximum absolute atomic E-state index is 12.9. The van der Waals surface area contributed by atoms with Crippen molar-refractivity contribution >= 4 is 21.6 Å². The fourth-order valence-corrected chi connectivity index (χ4v) is 4.59. The van der Waals surface area contributed by atoms with Gasteiger partial charge in [0.25, 0.3) is 15.9 Å². The van der Waals surface area contributed by atoms with E-state index < -0.39 is 10.0 Å². The van der Waals surface area contributed by atoms with Crippen LogP contribution in [0.1, 0.15) is 35.7 Å². The highest BCUT2D eigenvalue weighted by Gasteiger charge is 2.24. The zero-order chi connectivity index (χ0) is 19.6. The molecule has 27 heavy (non-hydrogen) atoms. The molecule has 0 bridgehead atoms. The number of aryl methyl sites for hydroxylation is 1. The van der Waals surface area contributed by atoms with Crippen molar-refractivity contribution < 1.29 is 13.2 Å². The molecule has 1 heterocycles. The summed E-state index contributed by atoms with van der Waals surface area (Å²) in [5, 5.41) is 0. The maximum atomic E-state index is 12.9. The lowest BCUT2D eigenvalue weighted by Crippen LogP contribution is -2.39. The first kappa shape index (κ1) is 19.4. The van der Waals surface area contributed by atoms with Gasteiger partial charge in [0, 0.05) is 25.7 Å². The third kappa shape index (κ3) is 4.16. The summed E-state index contributed by atoms with van der Waals surface area (Å²) in [7, 11) is -2.16. The molecule has 1 atom stereocenters. The van der Waals surface area contributed by atoms with Crippen LogP contribution >= 0.6 is 0 Å². The number of piperidine rings is 1. The average Bonchev–Trinajstić information content (AvgIpc) is 2.67. The predicted molar refractivity (Wildman–Crippen MR) is 108 cm³/mol. The summed E-state index contributed by atoms with van der Waals surface area (Å²) < 4.78 is 27.0. The number of carbonyl (C=O) groups is 1. The molecule has 1 amide bonds. The van der Waals surface area contributed by atoms with E-state index in [-0.39, 0.29) is 10.8 Å². The van der Waals surface area contributed by atoms with E-state index in [9.17, 15) is 13.2 Å². The normalized spacial score (nSPS) is 17.6. The number of hydrogen-bond donors (Lipinski definition) is 0. The third-order valence-electron chi connectivity index (χ3n) is 5.08. The first-order chi connectivity index (χ1) is 12.8. The summed E-state index contributed by atoms with van der Waals surface area (Å²) in [6, 6.07) is 13.6. The monoisotopic (exact) mass is 386 g/mol. The minimum absolute atomic E-state index is 0.0375. The molecule has 1 fully saturated rings. The Morgan fingerprint density at radius 1 is 1.15 bits per heavy atom. The Balaban J connectivity index is 1.86. The topological polar surface area (TPSA) is 57.7 Å². The summed E-state index contributed by atoms with van der Waals surface area (Å²) >= 11 is 0. The molecule has 0 unspecified atom stereocenters. The van der Waals surface area contributed by atoms with Gasteiger partial charge in [-0.25, -0.2) is 8.42 Å². The van der Waals surface area contributed by atoms with Crippen LogP contribution < -0.4 is 4.31 Å². The van der Waals surface area contributed by atoms with Gasteiger partial charge in [0.05, 0.1) is 10.6 Å². The summed E-state index contributed by atoms with van der Waals surface area (Å²) in [5.41, 5.74) is 2.00. The molecule has 5 nitrogen and oxygen atoms in total. The van der Waals surface area contributed by atoms with Gasteiger partial charge in [0.1, 0.15) is 0 Å². The second-order valence-corrected chi connectivity index (χ2v) is 9.30. The lowest BCUT2D eigenvalue weighted by atomic mass is 9.99. The van der Waals surface area contributed by atoms with Crippen LogP contribution in [0.25, 0.3) is 0 Å². The van der Waals surface area contributed by atoms with Crippen LogP contribution in [0.3, 0.4) is 0 Å². The number of nitrogens with zero attached hydrogens (tertiary/aromatic N) is 2. The molecule has 0 saturated carbocycles. The fraction of sp³-hybridized carbons (Fsp3) is 0.381. The molecule has 0 aliphatic carbocycles. The zero-order valence-corrected chi connectivity index (χ0v) is 16.9. The maximum Gasteiger partial charge on any atom is 0.264 e. The highest BCUT2D eigenvalue weighted by molar-refractivity contribution is 7.92. The number of hydrogen-bond acceptors (Lipinski definition) is 3. The molecule has 1 aliphatic rings. The molecule has 2 aromatic rings. The number of likely N-dealkylation sites (tertiary alicyclic amines) is 1. The summed E-state index contributed by atoms with van der Waals surface area (Å²) in [6.45, 7) is 5.57. The van der Waals surface area contributed by atoms with Gasteiger partial charge in [-0.2, -0.15) is 0 Å². The van der Waals surface area contributed by atoms with Gasteiger partial charge < -0.3 is 4.90 Å². The summed E-state index contributed by atoms with van der Waals surface area (Å²) in [4.78, 5) is 14.9. The zero-order valence-electron chi connectivity index (χ0n) is 16.1. The fourth-order valence-electron chi connectivity index (χ4n) is 3.40.